The minimum Gasteiger partial charge on any atom is -0.790 e. The van der Waals surface area contributed by atoms with Crippen LogP contribution in [-0.4, -0.2) is 41.4 Å². The van der Waals surface area contributed by atoms with Crippen molar-refractivity contribution in [2.45, 2.75) is 12.2 Å². The Balaban J connectivity index is 4.21. The smallest absolute Gasteiger partial charge is 0.189 e. The van der Waals surface area contributed by atoms with Gasteiger partial charge in [-0.25, -0.2) is 0 Å². The highest BCUT2D eigenvalue weighted by molar-refractivity contribution is 7.43. The molecule has 11 nitrogen and oxygen atoms in total. The van der Waals surface area contributed by atoms with Crippen LogP contribution in [0.15, 0.2) is 0 Å². The van der Waals surface area contributed by atoms with Crippen LogP contribution in [-0.2, 0) is 23.0 Å². The van der Waals surface area contributed by atoms with Gasteiger partial charge < -0.3 is 48.0 Å². The number of hydrogen-bond acceptors (Lipinski definition) is 11. The van der Waals surface area contributed by atoms with Gasteiger partial charge in [0.25, 0.3) is 0 Å². The molecule has 0 bridgehead atoms. The molecule has 13 heteroatoms. The summed E-state index contributed by atoms with van der Waals surface area (Å²) in [7, 11) is -10.8. The van der Waals surface area contributed by atoms with E-state index in [9.17, 15) is 33.5 Å². The Morgan fingerprint density at radius 3 is 1.89 bits per heavy atom. The summed E-state index contributed by atoms with van der Waals surface area (Å²) < 4.78 is 27.1. The first-order valence-electron chi connectivity index (χ1n) is 4.14. The molecule has 0 fully saturated rings. The highest BCUT2D eigenvalue weighted by Crippen LogP contribution is 2.25. The second-order valence-electron chi connectivity index (χ2n) is 2.94. The van der Waals surface area contributed by atoms with Crippen molar-refractivity contribution in [3.8, 4) is 0 Å². The standard InChI is InChI=1S/C5H12O11P2/c6-3(1-15-17(9,10)11)5(8)4(7)2-16-18(12,13)14/h3,5-6,8H,1-2H2,(H2,9,10,11)(H2,12,13,14)/p-4. The lowest BCUT2D eigenvalue weighted by molar-refractivity contribution is -0.343. The normalized spacial score (nSPS) is 16.3. The summed E-state index contributed by atoms with van der Waals surface area (Å²) in [4.78, 5) is 51.0. The Kier molecular flexibility index (Phi) is 6.75. The lowest BCUT2D eigenvalue weighted by Crippen LogP contribution is -2.40. The molecule has 0 aromatic rings. The molecule has 0 aliphatic rings. The third kappa shape index (κ3) is 8.84. The summed E-state index contributed by atoms with van der Waals surface area (Å²) in [5.41, 5.74) is 0. The lowest BCUT2D eigenvalue weighted by atomic mass is 10.1. The van der Waals surface area contributed by atoms with Crippen molar-refractivity contribution < 1.29 is 52.8 Å². The predicted molar refractivity (Wildman–Crippen MR) is 44.1 cm³/mol. The van der Waals surface area contributed by atoms with E-state index in [1.807, 2.05) is 0 Å². The van der Waals surface area contributed by atoms with E-state index in [-0.39, 0.29) is 0 Å². The number of phosphoric ester groups is 2. The first kappa shape index (κ1) is 17.8. The molecular weight excluding hydrogens is 298 g/mol. The molecule has 0 amide bonds. The first-order chi connectivity index (χ1) is 7.92. The van der Waals surface area contributed by atoms with E-state index in [2.05, 4.69) is 9.05 Å². The van der Waals surface area contributed by atoms with Crippen LogP contribution >= 0.6 is 15.6 Å². The number of phosphoric acid groups is 2. The fraction of sp³-hybridized carbons (Fsp3) is 0.800. The molecule has 0 saturated heterocycles. The van der Waals surface area contributed by atoms with Gasteiger partial charge in [-0.15, -0.1) is 0 Å². The first-order valence-corrected chi connectivity index (χ1v) is 7.06. The lowest BCUT2D eigenvalue weighted by Gasteiger charge is -2.31. The van der Waals surface area contributed by atoms with Crippen molar-refractivity contribution in [2.75, 3.05) is 13.2 Å². The van der Waals surface area contributed by atoms with Crippen molar-refractivity contribution in [3.63, 3.8) is 0 Å². The molecule has 0 heterocycles. The molecule has 108 valence electrons. The minimum absolute atomic E-state index is 1.20. The van der Waals surface area contributed by atoms with Crippen molar-refractivity contribution in [3.05, 3.63) is 0 Å². The maximum Gasteiger partial charge on any atom is 0.189 e. The maximum atomic E-state index is 10.9. The average molecular weight is 306 g/mol. The van der Waals surface area contributed by atoms with E-state index in [4.69, 9.17) is 10.2 Å². The molecule has 0 spiro atoms. The number of ketones is 1. The Morgan fingerprint density at radius 2 is 1.50 bits per heavy atom. The Bertz CT molecular complexity index is 368. The number of carbonyl (C=O) groups is 1. The van der Waals surface area contributed by atoms with E-state index in [1.165, 1.54) is 0 Å². The van der Waals surface area contributed by atoms with Gasteiger partial charge >= 0.3 is 0 Å². The van der Waals surface area contributed by atoms with Crippen molar-refractivity contribution in [1.29, 1.82) is 0 Å². The van der Waals surface area contributed by atoms with Crippen LogP contribution < -0.4 is 19.6 Å². The number of carbonyl (C=O) groups excluding carboxylic acids is 1. The minimum atomic E-state index is -5.42. The van der Waals surface area contributed by atoms with Crippen molar-refractivity contribution >= 4 is 21.4 Å². The molecule has 0 aromatic carbocycles. The number of Topliss-reactive ketones (excluding diaryl/α,β-unsaturated/α-hetero) is 1. The fourth-order valence-electron chi connectivity index (χ4n) is 0.701. The van der Waals surface area contributed by atoms with E-state index < -0.39 is 46.9 Å². The molecule has 0 saturated carbocycles. The summed E-state index contributed by atoms with van der Waals surface area (Å²) >= 11 is 0. The molecule has 2 unspecified atom stereocenters. The second-order valence-corrected chi connectivity index (χ2v) is 5.25. The molecule has 2 atom stereocenters. The summed E-state index contributed by atoms with van der Waals surface area (Å²) in [6.07, 6.45) is -4.38. The van der Waals surface area contributed by atoms with Gasteiger partial charge in [0, 0.05) is 0 Å². The molecule has 0 rings (SSSR count). The summed E-state index contributed by atoms with van der Waals surface area (Å²) in [5.74, 6) is -1.41. The third-order valence-corrected chi connectivity index (χ3v) is 2.37. The summed E-state index contributed by atoms with van der Waals surface area (Å²) in [6.45, 7) is -2.54. The molecule has 2 N–H and O–H groups in total. The fourth-order valence-corrected chi connectivity index (χ4v) is 1.32. The highest BCUT2D eigenvalue weighted by atomic mass is 31.2. The van der Waals surface area contributed by atoms with Crippen LogP contribution in [0.5, 0.6) is 0 Å². The topological polar surface area (TPSA) is 202 Å². The quantitative estimate of drug-likeness (QED) is 0.406. The molecular formula is C5H8O11P2-4. The van der Waals surface area contributed by atoms with Crippen molar-refractivity contribution in [1.82, 2.24) is 0 Å². The van der Waals surface area contributed by atoms with Gasteiger partial charge in [-0.2, -0.15) is 0 Å². The van der Waals surface area contributed by atoms with Crippen molar-refractivity contribution in [2.24, 2.45) is 0 Å². The van der Waals surface area contributed by atoms with Gasteiger partial charge in [-0.3, -0.25) is 4.79 Å². The average Bonchev–Trinajstić information content (AvgIpc) is 2.19. The van der Waals surface area contributed by atoms with E-state index in [1.54, 1.807) is 0 Å². The zero-order chi connectivity index (χ0) is 14.6. The van der Waals surface area contributed by atoms with Crippen LogP contribution in [0.4, 0.5) is 0 Å². The van der Waals surface area contributed by atoms with E-state index in [0.29, 0.717) is 0 Å². The molecule has 0 aromatic heterocycles. The van der Waals surface area contributed by atoms with Crippen LogP contribution in [0.1, 0.15) is 0 Å². The van der Waals surface area contributed by atoms with Crippen LogP contribution in [0.25, 0.3) is 0 Å². The number of aliphatic hydroxyl groups excluding tert-OH is 2. The maximum absolute atomic E-state index is 10.9. The molecule has 18 heavy (non-hydrogen) atoms. The third-order valence-electron chi connectivity index (χ3n) is 1.46. The van der Waals surface area contributed by atoms with Gasteiger partial charge in [-0.05, 0) is 0 Å². The summed E-state index contributed by atoms with van der Waals surface area (Å²) in [6, 6.07) is 0. The number of aliphatic hydroxyl groups is 2. The molecule has 0 aliphatic heterocycles. The molecule has 0 aliphatic carbocycles. The Hall–Kier alpha value is -0.190. The van der Waals surface area contributed by atoms with Gasteiger partial charge in [0.15, 0.2) is 5.78 Å². The monoisotopic (exact) mass is 306 g/mol. The Labute approximate surface area is 100 Å². The predicted octanol–water partition coefficient (Wildman–Crippen LogP) is -5.03. The van der Waals surface area contributed by atoms with E-state index >= 15 is 0 Å². The highest BCUT2D eigenvalue weighted by Gasteiger charge is 2.24. The van der Waals surface area contributed by atoms with Crippen LogP contribution in [0.3, 0.4) is 0 Å². The second kappa shape index (κ2) is 6.83. The van der Waals surface area contributed by atoms with Gasteiger partial charge in [0.2, 0.25) is 0 Å². The number of hydrogen-bond donors (Lipinski definition) is 2. The van der Waals surface area contributed by atoms with Gasteiger partial charge in [0.1, 0.15) is 18.8 Å². The summed E-state index contributed by atoms with van der Waals surface area (Å²) in [5, 5.41) is 18.0. The van der Waals surface area contributed by atoms with Crippen LogP contribution in [0.2, 0.25) is 0 Å². The Morgan fingerprint density at radius 1 is 1.06 bits per heavy atom. The van der Waals surface area contributed by atoms with Gasteiger partial charge in [-0.1, -0.05) is 0 Å². The zero-order valence-corrected chi connectivity index (χ0v) is 10.3. The largest absolute Gasteiger partial charge is 0.790 e. The SMILES string of the molecule is O=C(COP(=O)([O-])[O-])C(O)C(O)COP(=O)([O-])[O-]. The zero-order valence-electron chi connectivity index (χ0n) is 8.53. The van der Waals surface area contributed by atoms with Gasteiger partial charge in [0.05, 0.1) is 22.3 Å². The number of rotatable bonds is 8. The van der Waals surface area contributed by atoms with E-state index in [0.717, 1.165) is 0 Å². The van der Waals surface area contributed by atoms with Crippen LogP contribution in [0, 0.1) is 0 Å². The molecule has 0 radical (unpaired) electrons.